The Morgan fingerprint density at radius 2 is 1.59 bits per heavy atom. The van der Waals surface area contributed by atoms with Gasteiger partial charge in [-0.05, 0) is 44.7 Å². The molecule has 0 aliphatic heterocycles. The maximum absolute atomic E-state index is 12.1. The number of hydrogen-bond donors (Lipinski definition) is 1. The van der Waals surface area contributed by atoms with Crippen molar-refractivity contribution in [3.63, 3.8) is 0 Å². The van der Waals surface area contributed by atoms with Gasteiger partial charge >= 0.3 is 0 Å². The number of ketones is 1. The molecule has 1 N–H and O–H groups in total. The molecular weight excluding hydrogens is 272 g/mol. The highest BCUT2D eigenvalue weighted by atomic mass is 16.1. The van der Waals surface area contributed by atoms with Crippen LogP contribution < -0.4 is 5.32 Å². The lowest BCUT2D eigenvalue weighted by Crippen LogP contribution is -2.26. The number of carbonyl (C=O) groups excluding carboxylic acids is 1. The van der Waals surface area contributed by atoms with Gasteiger partial charge in [-0.2, -0.15) is 0 Å². The number of Topliss-reactive ketones (excluding diaryl/α,β-unsaturated/α-hetero) is 1. The van der Waals surface area contributed by atoms with E-state index in [0.29, 0.717) is 6.54 Å². The van der Waals surface area contributed by atoms with Crippen molar-refractivity contribution in [1.29, 1.82) is 0 Å². The summed E-state index contributed by atoms with van der Waals surface area (Å²) in [6, 6.07) is 18.0. The number of hydrogen-bond acceptors (Lipinski definition) is 3. The van der Waals surface area contributed by atoms with E-state index < -0.39 is 0 Å². The molecular formula is C19H24N2O. The largest absolute Gasteiger partial charge is 0.310 e. The van der Waals surface area contributed by atoms with Crippen LogP contribution in [0.25, 0.3) is 11.1 Å². The van der Waals surface area contributed by atoms with E-state index in [4.69, 9.17) is 0 Å². The highest BCUT2D eigenvalue weighted by Gasteiger charge is 2.05. The molecule has 0 heterocycles. The fourth-order valence-corrected chi connectivity index (χ4v) is 2.30. The molecule has 0 unspecified atom stereocenters. The van der Waals surface area contributed by atoms with E-state index in [2.05, 4.69) is 36.4 Å². The summed E-state index contributed by atoms with van der Waals surface area (Å²) in [4.78, 5) is 14.3. The molecule has 0 bridgehead atoms. The predicted molar refractivity (Wildman–Crippen MR) is 92.2 cm³/mol. The standard InChI is InChI=1S/C19H24N2O/c1-21(2)14-6-13-20-15-19(22)18-11-9-17(10-12-18)16-7-4-3-5-8-16/h3-5,7-12,20H,6,13-15H2,1-2H3. The zero-order valence-electron chi connectivity index (χ0n) is 13.4. The molecule has 3 heteroatoms. The molecule has 0 aromatic heterocycles. The lowest BCUT2D eigenvalue weighted by Gasteiger charge is -2.09. The second-order valence-corrected chi connectivity index (χ2v) is 5.70. The van der Waals surface area contributed by atoms with E-state index in [0.717, 1.165) is 30.6 Å². The van der Waals surface area contributed by atoms with Gasteiger partial charge in [0.15, 0.2) is 5.78 Å². The summed E-state index contributed by atoms with van der Waals surface area (Å²) in [6.07, 6.45) is 1.05. The number of carbonyl (C=O) groups is 1. The summed E-state index contributed by atoms with van der Waals surface area (Å²) in [7, 11) is 4.11. The van der Waals surface area contributed by atoms with Gasteiger partial charge in [-0.25, -0.2) is 0 Å². The molecule has 22 heavy (non-hydrogen) atoms. The fourth-order valence-electron chi connectivity index (χ4n) is 2.30. The van der Waals surface area contributed by atoms with E-state index in [9.17, 15) is 4.79 Å². The van der Waals surface area contributed by atoms with Gasteiger partial charge in [0.1, 0.15) is 0 Å². The van der Waals surface area contributed by atoms with Crippen LogP contribution in [0.2, 0.25) is 0 Å². The van der Waals surface area contributed by atoms with E-state index in [-0.39, 0.29) is 5.78 Å². The smallest absolute Gasteiger partial charge is 0.176 e. The van der Waals surface area contributed by atoms with Crippen molar-refractivity contribution in [1.82, 2.24) is 10.2 Å². The second kappa shape index (κ2) is 8.47. The summed E-state index contributed by atoms with van der Waals surface area (Å²) in [5.74, 6) is 0.143. The van der Waals surface area contributed by atoms with E-state index in [1.165, 1.54) is 5.56 Å². The molecule has 2 aromatic carbocycles. The lowest BCUT2D eigenvalue weighted by molar-refractivity contribution is 0.0991. The summed E-state index contributed by atoms with van der Waals surface area (Å²) >= 11 is 0. The van der Waals surface area contributed by atoms with Crippen LogP contribution in [0, 0.1) is 0 Å². The van der Waals surface area contributed by atoms with Gasteiger partial charge in [0.2, 0.25) is 0 Å². The third kappa shape index (κ3) is 5.10. The van der Waals surface area contributed by atoms with Gasteiger partial charge in [0, 0.05) is 5.56 Å². The maximum Gasteiger partial charge on any atom is 0.176 e. The molecule has 3 nitrogen and oxygen atoms in total. The minimum absolute atomic E-state index is 0.143. The first kappa shape index (κ1) is 16.4. The molecule has 0 saturated heterocycles. The van der Waals surface area contributed by atoms with Crippen molar-refractivity contribution in [2.75, 3.05) is 33.7 Å². The number of nitrogens with one attached hydrogen (secondary N) is 1. The van der Waals surface area contributed by atoms with Crippen molar-refractivity contribution >= 4 is 5.78 Å². The molecule has 0 fully saturated rings. The Kier molecular flexibility index (Phi) is 6.31. The first-order chi connectivity index (χ1) is 10.7. The van der Waals surface area contributed by atoms with Crippen molar-refractivity contribution in [3.05, 3.63) is 60.2 Å². The van der Waals surface area contributed by atoms with Crippen LogP contribution in [0.4, 0.5) is 0 Å². The molecule has 2 aromatic rings. The monoisotopic (exact) mass is 296 g/mol. The highest BCUT2D eigenvalue weighted by molar-refractivity contribution is 5.98. The Morgan fingerprint density at radius 1 is 0.955 bits per heavy atom. The summed E-state index contributed by atoms with van der Waals surface area (Å²) in [5, 5.41) is 3.21. The second-order valence-electron chi connectivity index (χ2n) is 5.70. The molecule has 0 spiro atoms. The maximum atomic E-state index is 12.1. The predicted octanol–water partition coefficient (Wildman–Crippen LogP) is 3.08. The van der Waals surface area contributed by atoms with E-state index in [1.807, 2.05) is 42.5 Å². The molecule has 0 atom stereocenters. The van der Waals surface area contributed by atoms with Gasteiger partial charge < -0.3 is 10.2 Å². The van der Waals surface area contributed by atoms with Crippen LogP contribution in [0.15, 0.2) is 54.6 Å². The number of nitrogens with zero attached hydrogens (tertiary/aromatic N) is 1. The SMILES string of the molecule is CN(C)CCCNCC(=O)c1ccc(-c2ccccc2)cc1. The van der Waals surface area contributed by atoms with Crippen LogP contribution in [0.3, 0.4) is 0 Å². The average Bonchev–Trinajstić information content (AvgIpc) is 2.55. The topological polar surface area (TPSA) is 32.3 Å². The Hall–Kier alpha value is -1.97. The van der Waals surface area contributed by atoms with E-state index >= 15 is 0 Å². The van der Waals surface area contributed by atoms with Gasteiger partial charge in [0.25, 0.3) is 0 Å². The fraction of sp³-hybridized carbons (Fsp3) is 0.316. The Labute approximate surface area is 133 Å². The van der Waals surface area contributed by atoms with Crippen molar-refractivity contribution < 1.29 is 4.79 Å². The van der Waals surface area contributed by atoms with Crippen molar-refractivity contribution in [2.45, 2.75) is 6.42 Å². The van der Waals surface area contributed by atoms with Crippen LogP contribution in [0.5, 0.6) is 0 Å². The van der Waals surface area contributed by atoms with Crippen molar-refractivity contribution in [3.8, 4) is 11.1 Å². The van der Waals surface area contributed by atoms with Crippen LogP contribution in [-0.4, -0.2) is 44.4 Å². The quantitative estimate of drug-likeness (QED) is 0.600. The van der Waals surface area contributed by atoms with Gasteiger partial charge in [-0.3, -0.25) is 4.79 Å². The van der Waals surface area contributed by atoms with Gasteiger partial charge in [0.05, 0.1) is 6.54 Å². The van der Waals surface area contributed by atoms with Crippen LogP contribution in [-0.2, 0) is 0 Å². The first-order valence-corrected chi connectivity index (χ1v) is 7.71. The molecule has 0 saturated carbocycles. The molecule has 2 rings (SSSR count). The number of rotatable bonds is 8. The number of benzene rings is 2. The van der Waals surface area contributed by atoms with Gasteiger partial charge in [-0.15, -0.1) is 0 Å². The molecule has 0 radical (unpaired) electrons. The van der Waals surface area contributed by atoms with Crippen LogP contribution in [0.1, 0.15) is 16.8 Å². The minimum atomic E-state index is 0.143. The van der Waals surface area contributed by atoms with Gasteiger partial charge in [-0.1, -0.05) is 54.6 Å². The average molecular weight is 296 g/mol. The zero-order valence-corrected chi connectivity index (χ0v) is 13.4. The third-order valence-corrected chi connectivity index (χ3v) is 3.56. The summed E-state index contributed by atoms with van der Waals surface area (Å²) < 4.78 is 0. The summed E-state index contributed by atoms with van der Waals surface area (Å²) in [5.41, 5.74) is 3.07. The molecule has 0 aliphatic rings. The Bertz CT molecular complexity index is 576. The van der Waals surface area contributed by atoms with Crippen molar-refractivity contribution in [2.24, 2.45) is 0 Å². The van der Waals surface area contributed by atoms with E-state index in [1.54, 1.807) is 0 Å². The minimum Gasteiger partial charge on any atom is -0.310 e. The Balaban J connectivity index is 1.84. The molecule has 0 amide bonds. The normalized spacial score (nSPS) is 10.9. The molecule has 0 aliphatic carbocycles. The highest BCUT2D eigenvalue weighted by Crippen LogP contribution is 2.19. The van der Waals surface area contributed by atoms with Crippen LogP contribution >= 0.6 is 0 Å². The lowest BCUT2D eigenvalue weighted by atomic mass is 10.0. The third-order valence-electron chi connectivity index (χ3n) is 3.56. The summed E-state index contributed by atoms with van der Waals surface area (Å²) in [6.45, 7) is 2.30. The molecule has 116 valence electrons. The Morgan fingerprint density at radius 3 is 2.23 bits per heavy atom. The first-order valence-electron chi connectivity index (χ1n) is 7.71. The zero-order chi connectivity index (χ0) is 15.8.